The van der Waals surface area contributed by atoms with E-state index in [1.165, 1.54) is 44.0 Å². The summed E-state index contributed by atoms with van der Waals surface area (Å²) < 4.78 is 0. The van der Waals surface area contributed by atoms with Gasteiger partial charge in [-0.3, -0.25) is 0 Å². The zero-order valence-corrected chi connectivity index (χ0v) is 14.6. The molecule has 0 bridgehead atoms. The number of pyridine rings is 1. The SMILES string of the molecule is Cc1cc(C)c(-c2nc3ccc(C)cc3c3ccccc23)c(C)c1. The Hall–Kier alpha value is -2.67. The maximum Gasteiger partial charge on any atom is 0.0793 e. The van der Waals surface area contributed by atoms with Crippen LogP contribution in [0, 0.1) is 27.7 Å². The zero-order valence-electron chi connectivity index (χ0n) is 14.6. The van der Waals surface area contributed by atoms with E-state index in [0.717, 1.165) is 11.2 Å². The van der Waals surface area contributed by atoms with Gasteiger partial charge in [0.2, 0.25) is 0 Å². The number of nitrogens with zero attached hydrogens (tertiary/aromatic N) is 1. The van der Waals surface area contributed by atoms with E-state index >= 15 is 0 Å². The van der Waals surface area contributed by atoms with Crippen molar-refractivity contribution >= 4 is 21.7 Å². The van der Waals surface area contributed by atoms with Gasteiger partial charge in [0.25, 0.3) is 0 Å². The van der Waals surface area contributed by atoms with Crippen LogP contribution < -0.4 is 0 Å². The van der Waals surface area contributed by atoms with Gasteiger partial charge in [0.15, 0.2) is 0 Å². The van der Waals surface area contributed by atoms with Crippen molar-refractivity contribution in [3.05, 3.63) is 76.9 Å². The normalized spacial score (nSPS) is 11.3. The average molecular weight is 311 g/mol. The van der Waals surface area contributed by atoms with Crippen LogP contribution in [0.1, 0.15) is 22.3 Å². The van der Waals surface area contributed by atoms with Gasteiger partial charge in [0, 0.05) is 16.3 Å². The summed E-state index contributed by atoms with van der Waals surface area (Å²) in [7, 11) is 0. The molecule has 1 aromatic heterocycles. The fourth-order valence-corrected chi connectivity index (χ4v) is 3.81. The highest BCUT2D eigenvalue weighted by atomic mass is 14.7. The van der Waals surface area contributed by atoms with E-state index in [4.69, 9.17) is 4.98 Å². The molecule has 0 aliphatic heterocycles. The second-order valence-corrected chi connectivity index (χ2v) is 6.80. The first-order chi connectivity index (χ1) is 11.5. The van der Waals surface area contributed by atoms with E-state index in [9.17, 15) is 0 Å². The Morgan fingerprint density at radius 1 is 0.625 bits per heavy atom. The van der Waals surface area contributed by atoms with E-state index in [0.29, 0.717) is 0 Å². The lowest BCUT2D eigenvalue weighted by Gasteiger charge is -2.15. The Kier molecular flexibility index (Phi) is 3.38. The lowest BCUT2D eigenvalue weighted by atomic mass is 9.93. The van der Waals surface area contributed by atoms with Gasteiger partial charge in [0.1, 0.15) is 0 Å². The summed E-state index contributed by atoms with van der Waals surface area (Å²) in [6, 6.07) is 19.6. The van der Waals surface area contributed by atoms with Crippen LogP contribution in [0.2, 0.25) is 0 Å². The van der Waals surface area contributed by atoms with E-state index in [1.54, 1.807) is 0 Å². The predicted octanol–water partition coefficient (Wildman–Crippen LogP) is 6.29. The number of hydrogen-bond donors (Lipinski definition) is 0. The molecule has 1 heteroatoms. The molecule has 0 atom stereocenters. The van der Waals surface area contributed by atoms with Crippen molar-refractivity contribution < 1.29 is 0 Å². The van der Waals surface area contributed by atoms with Crippen LogP contribution in [0.3, 0.4) is 0 Å². The standard InChI is InChI=1S/C23H21N/c1-14-9-10-21-20(13-14)18-7-5-6-8-19(18)23(24-21)22-16(3)11-15(2)12-17(22)4/h5-13H,1-4H3. The van der Waals surface area contributed by atoms with E-state index < -0.39 is 0 Å². The Labute approximate surface area is 143 Å². The van der Waals surface area contributed by atoms with Gasteiger partial charge in [0.05, 0.1) is 11.2 Å². The third kappa shape index (κ3) is 2.28. The van der Waals surface area contributed by atoms with E-state index in [-0.39, 0.29) is 0 Å². The largest absolute Gasteiger partial charge is 0.247 e. The minimum Gasteiger partial charge on any atom is -0.247 e. The molecule has 4 aromatic rings. The Morgan fingerprint density at radius 3 is 2.00 bits per heavy atom. The number of fused-ring (bicyclic) bond motifs is 3. The van der Waals surface area contributed by atoms with Gasteiger partial charge < -0.3 is 0 Å². The number of aromatic nitrogens is 1. The number of rotatable bonds is 1. The molecule has 0 saturated heterocycles. The first kappa shape index (κ1) is 14.9. The third-order valence-electron chi connectivity index (χ3n) is 4.77. The average Bonchev–Trinajstić information content (AvgIpc) is 2.54. The molecule has 0 aliphatic rings. The van der Waals surface area contributed by atoms with Crippen LogP contribution in [0.4, 0.5) is 0 Å². The summed E-state index contributed by atoms with van der Waals surface area (Å²) in [6.45, 7) is 8.66. The van der Waals surface area contributed by atoms with E-state index in [1.807, 2.05) is 0 Å². The maximum atomic E-state index is 5.07. The first-order valence-electron chi connectivity index (χ1n) is 8.42. The second kappa shape index (κ2) is 5.45. The van der Waals surface area contributed by atoms with Gasteiger partial charge in [-0.05, 0) is 56.3 Å². The van der Waals surface area contributed by atoms with Crippen LogP contribution in [0.15, 0.2) is 54.6 Å². The van der Waals surface area contributed by atoms with Gasteiger partial charge in [-0.25, -0.2) is 4.98 Å². The highest BCUT2D eigenvalue weighted by Gasteiger charge is 2.14. The quantitative estimate of drug-likeness (QED) is 0.376. The highest BCUT2D eigenvalue weighted by molar-refractivity contribution is 6.11. The third-order valence-corrected chi connectivity index (χ3v) is 4.77. The molecule has 0 radical (unpaired) electrons. The summed E-state index contributed by atoms with van der Waals surface area (Å²) in [5.74, 6) is 0. The fraction of sp³-hybridized carbons (Fsp3) is 0.174. The molecule has 0 unspecified atom stereocenters. The molecule has 0 spiro atoms. The summed E-state index contributed by atoms with van der Waals surface area (Å²) in [4.78, 5) is 5.07. The smallest absolute Gasteiger partial charge is 0.0793 e. The summed E-state index contributed by atoms with van der Waals surface area (Å²) in [6.07, 6.45) is 0. The molecule has 0 fully saturated rings. The molecule has 118 valence electrons. The molecule has 3 aromatic carbocycles. The number of benzene rings is 3. The van der Waals surface area contributed by atoms with Crippen LogP contribution in [0.5, 0.6) is 0 Å². The molecule has 0 aliphatic carbocycles. The van der Waals surface area contributed by atoms with Crippen LogP contribution >= 0.6 is 0 Å². The summed E-state index contributed by atoms with van der Waals surface area (Å²) in [5.41, 5.74) is 8.57. The zero-order chi connectivity index (χ0) is 16.8. The van der Waals surface area contributed by atoms with Crippen LogP contribution in [-0.4, -0.2) is 4.98 Å². The monoisotopic (exact) mass is 311 g/mol. The molecule has 1 nitrogen and oxygen atoms in total. The molecule has 24 heavy (non-hydrogen) atoms. The van der Waals surface area contributed by atoms with Crippen molar-refractivity contribution in [3.8, 4) is 11.3 Å². The molecule has 0 saturated carbocycles. The molecular formula is C23H21N. The van der Waals surface area contributed by atoms with Gasteiger partial charge >= 0.3 is 0 Å². The Bertz CT molecular complexity index is 1070. The minimum absolute atomic E-state index is 1.06. The summed E-state index contributed by atoms with van der Waals surface area (Å²) >= 11 is 0. The number of aryl methyl sites for hydroxylation is 4. The van der Waals surface area contributed by atoms with E-state index in [2.05, 4.69) is 82.3 Å². The lowest BCUT2D eigenvalue weighted by molar-refractivity contribution is 1.29. The Morgan fingerprint density at radius 2 is 1.29 bits per heavy atom. The van der Waals surface area contributed by atoms with Crippen molar-refractivity contribution in [1.29, 1.82) is 0 Å². The lowest BCUT2D eigenvalue weighted by Crippen LogP contribution is -1.95. The molecule has 0 N–H and O–H groups in total. The fourth-order valence-electron chi connectivity index (χ4n) is 3.81. The van der Waals surface area contributed by atoms with Crippen molar-refractivity contribution in [3.63, 3.8) is 0 Å². The maximum absolute atomic E-state index is 5.07. The second-order valence-electron chi connectivity index (χ2n) is 6.80. The number of hydrogen-bond acceptors (Lipinski definition) is 1. The molecular weight excluding hydrogens is 290 g/mol. The van der Waals surface area contributed by atoms with Crippen molar-refractivity contribution in [1.82, 2.24) is 4.98 Å². The first-order valence-corrected chi connectivity index (χ1v) is 8.42. The van der Waals surface area contributed by atoms with Crippen LogP contribution in [-0.2, 0) is 0 Å². The molecule has 0 amide bonds. The van der Waals surface area contributed by atoms with Crippen molar-refractivity contribution in [2.24, 2.45) is 0 Å². The summed E-state index contributed by atoms with van der Waals surface area (Å²) in [5, 5.41) is 3.74. The van der Waals surface area contributed by atoms with Crippen molar-refractivity contribution in [2.75, 3.05) is 0 Å². The topological polar surface area (TPSA) is 12.9 Å². The highest BCUT2D eigenvalue weighted by Crippen LogP contribution is 2.36. The molecule has 4 rings (SSSR count). The Balaban J connectivity index is 2.18. The van der Waals surface area contributed by atoms with Crippen LogP contribution in [0.25, 0.3) is 32.9 Å². The van der Waals surface area contributed by atoms with Gasteiger partial charge in [-0.1, -0.05) is 53.6 Å². The molecule has 1 heterocycles. The predicted molar refractivity (Wildman–Crippen MR) is 104 cm³/mol. The van der Waals surface area contributed by atoms with Gasteiger partial charge in [-0.2, -0.15) is 0 Å². The minimum atomic E-state index is 1.06. The van der Waals surface area contributed by atoms with Gasteiger partial charge in [-0.15, -0.1) is 0 Å². The van der Waals surface area contributed by atoms with Crippen molar-refractivity contribution in [2.45, 2.75) is 27.7 Å².